The molecule has 6 heteroatoms. The van der Waals surface area contributed by atoms with Crippen LogP contribution in [0.2, 0.25) is 0 Å². The first kappa shape index (κ1) is 17.9. The number of anilines is 1. The van der Waals surface area contributed by atoms with E-state index in [0.717, 1.165) is 38.2 Å². The van der Waals surface area contributed by atoms with E-state index in [9.17, 15) is 9.18 Å². The van der Waals surface area contributed by atoms with Gasteiger partial charge in [0.15, 0.2) is 0 Å². The number of rotatable bonds is 4. The lowest BCUT2D eigenvalue weighted by Gasteiger charge is -2.44. The second kappa shape index (κ2) is 7.95. The van der Waals surface area contributed by atoms with Gasteiger partial charge in [-0.25, -0.2) is 9.18 Å². The van der Waals surface area contributed by atoms with E-state index in [0.29, 0.717) is 11.7 Å². The molecule has 3 rings (SSSR count). The number of likely N-dealkylation sites (tertiary alicyclic amines) is 1. The van der Waals surface area contributed by atoms with E-state index in [2.05, 4.69) is 16.8 Å². The number of piperidine rings is 1. The van der Waals surface area contributed by atoms with Crippen molar-refractivity contribution < 1.29 is 9.18 Å². The summed E-state index contributed by atoms with van der Waals surface area (Å²) in [6.45, 7) is 4.32. The largest absolute Gasteiger partial charge is 0.390 e. The molecule has 1 aromatic rings. The molecule has 5 nitrogen and oxygen atoms in total. The molecule has 0 aromatic heterocycles. The van der Waals surface area contributed by atoms with Crippen LogP contribution in [0.5, 0.6) is 0 Å². The molecule has 2 aliphatic rings. The van der Waals surface area contributed by atoms with E-state index >= 15 is 0 Å². The maximum Gasteiger partial charge on any atom is 0.349 e. The summed E-state index contributed by atoms with van der Waals surface area (Å²) in [6, 6.07) is 6.09. The molecule has 136 valence electrons. The lowest BCUT2D eigenvalue weighted by molar-refractivity contribution is 0.101. The minimum absolute atomic E-state index is 0.00522. The lowest BCUT2D eigenvalue weighted by Crippen LogP contribution is -2.52. The van der Waals surface area contributed by atoms with E-state index in [-0.39, 0.29) is 11.9 Å². The van der Waals surface area contributed by atoms with Gasteiger partial charge in [-0.3, -0.25) is 4.90 Å². The van der Waals surface area contributed by atoms with Crippen LogP contribution in [0.25, 0.3) is 0 Å². The van der Waals surface area contributed by atoms with Gasteiger partial charge in [-0.05, 0) is 56.7 Å². The van der Waals surface area contributed by atoms with Gasteiger partial charge in [0.25, 0.3) is 0 Å². The molecule has 0 bridgehead atoms. The summed E-state index contributed by atoms with van der Waals surface area (Å²) in [5.41, 5.74) is 5.85. The van der Waals surface area contributed by atoms with Crippen molar-refractivity contribution in [1.29, 1.82) is 0 Å². The quantitative estimate of drug-likeness (QED) is 0.671. The monoisotopic (exact) mass is 346 g/mol. The molecular weight excluding hydrogens is 319 g/mol. The zero-order chi connectivity index (χ0) is 17.8. The van der Waals surface area contributed by atoms with Gasteiger partial charge in [0.05, 0.1) is 6.34 Å². The molecule has 1 aromatic carbocycles. The summed E-state index contributed by atoms with van der Waals surface area (Å²) in [5, 5.41) is 0. The number of benzene rings is 1. The van der Waals surface area contributed by atoms with Gasteiger partial charge in [-0.1, -0.05) is 12.5 Å². The third-order valence-electron chi connectivity index (χ3n) is 5.55. The Labute approximate surface area is 148 Å². The number of hydrogen-bond donors (Lipinski definition) is 1. The lowest BCUT2D eigenvalue weighted by atomic mass is 9.84. The van der Waals surface area contributed by atoms with Crippen LogP contribution in [0, 0.1) is 11.7 Å². The Morgan fingerprint density at radius 3 is 2.84 bits per heavy atom. The van der Waals surface area contributed by atoms with Gasteiger partial charge >= 0.3 is 6.03 Å². The number of nitrogens with zero attached hydrogens (tertiary/aromatic N) is 3. The Kier molecular flexibility index (Phi) is 5.68. The minimum atomic E-state index is -0.433. The topological polar surface area (TPSA) is 61.9 Å². The molecular formula is C19H27FN4O. The summed E-state index contributed by atoms with van der Waals surface area (Å²) in [5.74, 6) is 0.476. The Morgan fingerprint density at radius 1 is 1.44 bits per heavy atom. The molecule has 0 spiro atoms. The third-order valence-corrected chi connectivity index (χ3v) is 5.55. The van der Waals surface area contributed by atoms with Crippen molar-refractivity contribution in [2.45, 2.75) is 51.1 Å². The number of amides is 2. The predicted octanol–water partition coefficient (Wildman–Crippen LogP) is 3.39. The summed E-state index contributed by atoms with van der Waals surface area (Å²) >= 11 is 0. The van der Waals surface area contributed by atoms with E-state index in [4.69, 9.17) is 5.73 Å². The van der Waals surface area contributed by atoms with Crippen molar-refractivity contribution >= 4 is 18.1 Å². The van der Waals surface area contributed by atoms with Crippen molar-refractivity contribution in [3.63, 3.8) is 0 Å². The number of nitrogens with two attached hydrogens (primary N) is 1. The summed E-state index contributed by atoms with van der Waals surface area (Å²) in [4.78, 5) is 20.3. The molecule has 1 aliphatic heterocycles. The number of carbonyl (C=O) groups excluding carboxylic acids is 1. The van der Waals surface area contributed by atoms with Crippen molar-refractivity contribution in [2.75, 3.05) is 18.0 Å². The normalized spacial score (nSPS) is 25.0. The molecule has 2 N–H and O–H groups in total. The number of aliphatic imine (C=N–C) groups is 1. The molecule has 1 saturated heterocycles. The molecule has 1 heterocycles. The number of carbonyl (C=O) groups is 1. The van der Waals surface area contributed by atoms with Crippen molar-refractivity contribution in [1.82, 2.24) is 4.90 Å². The summed E-state index contributed by atoms with van der Waals surface area (Å²) in [6.07, 6.45) is 6.75. The Balaban J connectivity index is 1.74. The number of urea groups is 1. The highest BCUT2D eigenvalue weighted by molar-refractivity contribution is 5.96. The zero-order valence-electron chi connectivity index (χ0n) is 14.8. The molecule has 1 saturated carbocycles. The van der Waals surface area contributed by atoms with E-state index in [1.807, 2.05) is 0 Å². The average molecular weight is 346 g/mol. The third kappa shape index (κ3) is 4.18. The van der Waals surface area contributed by atoms with Gasteiger partial charge in [0, 0.05) is 30.9 Å². The molecule has 2 amide bonds. The predicted molar refractivity (Wildman–Crippen MR) is 98.4 cm³/mol. The van der Waals surface area contributed by atoms with Crippen LogP contribution in [-0.4, -0.2) is 42.4 Å². The Morgan fingerprint density at radius 2 is 2.24 bits per heavy atom. The number of hydrogen-bond acceptors (Lipinski definition) is 2. The fraction of sp³-hybridized carbons (Fsp3) is 0.579. The first-order valence-electron chi connectivity index (χ1n) is 9.15. The molecule has 2 atom stereocenters. The molecule has 25 heavy (non-hydrogen) atoms. The van der Waals surface area contributed by atoms with E-state index < -0.39 is 6.03 Å². The van der Waals surface area contributed by atoms with E-state index in [1.54, 1.807) is 17.0 Å². The number of halogens is 1. The molecule has 1 unspecified atom stereocenters. The highest BCUT2D eigenvalue weighted by Gasteiger charge is 2.34. The SMILES string of the molecule is C[C@H]1CC(N(C(=O)/N=C/N)c2cccc(F)c2)CCN1CC1CCC1. The molecule has 2 fully saturated rings. The molecule has 1 aliphatic carbocycles. The highest BCUT2D eigenvalue weighted by atomic mass is 19.1. The maximum absolute atomic E-state index is 13.7. The van der Waals surface area contributed by atoms with Gasteiger partial charge in [0.2, 0.25) is 0 Å². The highest BCUT2D eigenvalue weighted by Crippen LogP contribution is 2.32. The minimum Gasteiger partial charge on any atom is -0.390 e. The van der Waals surface area contributed by atoms with Crippen LogP contribution in [0.3, 0.4) is 0 Å². The van der Waals surface area contributed by atoms with Crippen LogP contribution in [0.15, 0.2) is 29.3 Å². The van der Waals surface area contributed by atoms with Gasteiger partial charge in [0.1, 0.15) is 5.82 Å². The Hall–Kier alpha value is -1.95. The van der Waals surface area contributed by atoms with Crippen molar-refractivity contribution in [3.05, 3.63) is 30.1 Å². The van der Waals surface area contributed by atoms with Gasteiger partial charge in [-0.2, -0.15) is 4.99 Å². The average Bonchev–Trinajstić information content (AvgIpc) is 2.53. The van der Waals surface area contributed by atoms with E-state index in [1.165, 1.54) is 31.4 Å². The van der Waals surface area contributed by atoms with Crippen LogP contribution >= 0.6 is 0 Å². The fourth-order valence-electron chi connectivity index (χ4n) is 3.94. The zero-order valence-corrected chi connectivity index (χ0v) is 14.8. The summed E-state index contributed by atoms with van der Waals surface area (Å²) in [7, 11) is 0. The van der Waals surface area contributed by atoms with Crippen LogP contribution in [0.1, 0.15) is 39.0 Å². The standard InChI is InChI=1S/C19H27FN4O/c1-14-10-18(8-9-23(14)12-15-4-2-5-15)24(19(25)22-13-21)17-7-3-6-16(20)11-17/h3,6-7,11,13-15,18H,2,4-5,8-10,12H2,1H3,(H2,21,22,25)/t14-,18?/m0/s1. The smallest absolute Gasteiger partial charge is 0.349 e. The second-order valence-corrected chi connectivity index (χ2v) is 7.23. The molecule has 0 radical (unpaired) electrons. The van der Waals surface area contributed by atoms with Crippen molar-refractivity contribution in [2.24, 2.45) is 16.6 Å². The fourth-order valence-corrected chi connectivity index (χ4v) is 3.94. The van der Waals surface area contributed by atoms with Gasteiger partial charge < -0.3 is 10.6 Å². The second-order valence-electron chi connectivity index (χ2n) is 7.23. The maximum atomic E-state index is 13.7. The van der Waals surface area contributed by atoms with Crippen LogP contribution in [-0.2, 0) is 0 Å². The Bertz CT molecular complexity index is 632. The van der Waals surface area contributed by atoms with Crippen LogP contribution < -0.4 is 10.6 Å². The van der Waals surface area contributed by atoms with Crippen LogP contribution in [0.4, 0.5) is 14.9 Å². The van der Waals surface area contributed by atoms with Gasteiger partial charge in [-0.15, -0.1) is 0 Å². The summed E-state index contributed by atoms with van der Waals surface area (Å²) < 4.78 is 13.7. The first-order valence-corrected chi connectivity index (χ1v) is 9.15. The van der Waals surface area contributed by atoms with Crippen molar-refractivity contribution in [3.8, 4) is 0 Å². The first-order chi connectivity index (χ1) is 12.1.